The number of methoxy groups -OCH3 is 1. The Balaban J connectivity index is 1.21. The molecule has 1 aromatic heterocycles. The Hall–Kier alpha value is -3.24. The third-order valence-electron chi connectivity index (χ3n) is 7.51. The van der Waals surface area contributed by atoms with Gasteiger partial charge >= 0.3 is 0 Å². The molecule has 1 atom stereocenters. The summed E-state index contributed by atoms with van der Waals surface area (Å²) in [5.74, 6) is 1.20. The maximum atomic E-state index is 11.7. The molecule has 9 heteroatoms. The summed E-state index contributed by atoms with van der Waals surface area (Å²) in [4.78, 5) is 18.4. The highest BCUT2D eigenvalue weighted by Crippen LogP contribution is 2.32. The van der Waals surface area contributed by atoms with Gasteiger partial charge in [0.1, 0.15) is 11.5 Å². The first-order valence-corrected chi connectivity index (χ1v) is 12.7. The number of anilines is 1. The fraction of sp³-hybridized carbons (Fsp3) is 0.429. The fourth-order valence-electron chi connectivity index (χ4n) is 5.32. The maximum Gasteiger partial charge on any atom is 0.262 e. The predicted molar refractivity (Wildman–Crippen MR) is 141 cm³/mol. The molecular formula is C28H34N4O5. The van der Waals surface area contributed by atoms with Gasteiger partial charge in [-0.15, -0.1) is 0 Å². The van der Waals surface area contributed by atoms with Crippen molar-refractivity contribution in [3.8, 4) is 11.5 Å². The smallest absolute Gasteiger partial charge is 0.262 e. The van der Waals surface area contributed by atoms with E-state index in [4.69, 9.17) is 9.47 Å². The molecule has 2 aliphatic heterocycles. The highest BCUT2D eigenvalue weighted by molar-refractivity contribution is 5.95. The molecule has 3 aromatic rings. The first-order valence-electron chi connectivity index (χ1n) is 12.7. The van der Waals surface area contributed by atoms with Crippen molar-refractivity contribution in [1.29, 1.82) is 0 Å². The third-order valence-corrected chi connectivity index (χ3v) is 7.51. The van der Waals surface area contributed by atoms with E-state index < -0.39 is 6.10 Å². The van der Waals surface area contributed by atoms with Gasteiger partial charge in [0.05, 0.1) is 30.6 Å². The Kier molecular flexibility index (Phi) is 7.57. The summed E-state index contributed by atoms with van der Waals surface area (Å²) in [7, 11) is 1.61. The first-order chi connectivity index (χ1) is 18.0. The number of nitrogens with one attached hydrogen (secondary N) is 2. The molecule has 4 N–H and O–H groups in total. The van der Waals surface area contributed by atoms with Gasteiger partial charge in [-0.2, -0.15) is 0 Å². The van der Waals surface area contributed by atoms with Crippen LogP contribution < -0.4 is 20.1 Å². The second-order valence-electron chi connectivity index (χ2n) is 9.88. The number of carbonyl (C=O) groups excluding carboxylic acids is 1. The Labute approximate surface area is 216 Å². The SMILES string of the molecule is COc1cnc2cccc(C(O)CN3CCC(CCO)(NCc4ccc5c(c4)NC(=O)CO5)CC3)c2c1. The van der Waals surface area contributed by atoms with Crippen LogP contribution in [0.1, 0.15) is 36.5 Å². The van der Waals surface area contributed by atoms with E-state index in [1.54, 1.807) is 13.3 Å². The van der Waals surface area contributed by atoms with Crippen molar-refractivity contribution >= 4 is 22.5 Å². The van der Waals surface area contributed by atoms with Gasteiger partial charge in [-0.1, -0.05) is 18.2 Å². The van der Waals surface area contributed by atoms with Crippen LogP contribution in [0.5, 0.6) is 11.5 Å². The van der Waals surface area contributed by atoms with Crippen molar-refractivity contribution in [2.75, 3.05) is 45.3 Å². The minimum Gasteiger partial charge on any atom is -0.495 e. The molecule has 9 nitrogen and oxygen atoms in total. The lowest BCUT2D eigenvalue weighted by atomic mass is 9.84. The highest BCUT2D eigenvalue weighted by Gasteiger charge is 2.34. The molecule has 0 aliphatic carbocycles. The number of aliphatic hydroxyl groups is 2. The molecule has 1 unspecified atom stereocenters. The van der Waals surface area contributed by atoms with Gasteiger partial charge in [0.25, 0.3) is 5.91 Å². The van der Waals surface area contributed by atoms with Crippen LogP contribution in [0.25, 0.3) is 10.9 Å². The molecular weight excluding hydrogens is 472 g/mol. The number of pyridine rings is 1. The minimum atomic E-state index is -0.649. The van der Waals surface area contributed by atoms with Crippen molar-refractivity contribution in [2.45, 2.75) is 37.5 Å². The number of ether oxygens (including phenoxy) is 2. The lowest BCUT2D eigenvalue weighted by Crippen LogP contribution is -2.54. The van der Waals surface area contributed by atoms with Crippen LogP contribution in [-0.4, -0.2) is 71.5 Å². The zero-order valence-corrected chi connectivity index (χ0v) is 21.1. The number of nitrogens with zero attached hydrogens (tertiary/aromatic N) is 2. The number of β-amino-alcohol motifs (C(OH)–C–C–N with tert-alkyl or cyclic N) is 1. The second kappa shape index (κ2) is 11.0. The normalized spacial score (nSPS) is 18.1. The fourth-order valence-corrected chi connectivity index (χ4v) is 5.32. The largest absolute Gasteiger partial charge is 0.495 e. The topological polar surface area (TPSA) is 116 Å². The number of benzene rings is 2. The number of carbonyl (C=O) groups is 1. The minimum absolute atomic E-state index is 0.0426. The Morgan fingerprint density at radius 2 is 2.08 bits per heavy atom. The number of hydrogen-bond donors (Lipinski definition) is 4. The van der Waals surface area contributed by atoms with Gasteiger partial charge in [-0.3, -0.25) is 9.78 Å². The Bertz CT molecular complexity index is 1260. The van der Waals surface area contributed by atoms with Crippen LogP contribution in [0.4, 0.5) is 5.69 Å². The number of hydrogen-bond acceptors (Lipinski definition) is 8. The summed E-state index contributed by atoms with van der Waals surface area (Å²) in [6, 6.07) is 13.5. The number of aromatic nitrogens is 1. The first kappa shape index (κ1) is 25.4. The van der Waals surface area contributed by atoms with E-state index in [2.05, 4.69) is 20.5 Å². The van der Waals surface area contributed by atoms with Gasteiger partial charge in [-0.05, 0) is 54.7 Å². The van der Waals surface area contributed by atoms with Crippen molar-refractivity contribution in [3.63, 3.8) is 0 Å². The predicted octanol–water partition coefficient (Wildman–Crippen LogP) is 2.61. The number of aliphatic hydroxyl groups excluding tert-OH is 2. The van der Waals surface area contributed by atoms with Crippen molar-refractivity contribution in [2.24, 2.45) is 0 Å². The zero-order valence-electron chi connectivity index (χ0n) is 21.1. The highest BCUT2D eigenvalue weighted by atomic mass is 16.5. The number of rotatable bonds is 9. The molecule has 0 radical (unpaired) electrons. The van der Waals surface area contributed by atoms with E-state index in [9.17, 15) is 15.0 Å². The molecule has 3 heterocycles. The summed E-state index contributed by atoms with van der Waals surface area (Å²) in [5.41, 5.74) is 3.22. The van der Waals surface area contributed by atoms with E-state index in [1.807, 2.05) is 42.5 Å². The number of piperidine rings is 1. The second-order valence-corrected chi connectivity index (χ2v) is 9.88. The lowest BCUT2D eigenvalue weighted by Gasteiger charge is -2.43. The molecule has 2 aliphatic rings. The van der Waals surface area contributed by atoms with Crippen molar-refractivity contribution in [1.82, 2.24) is 15.2 Å². The summed E-state index contributed by atoms with van der Waals surface area (Å²) >= 11 is 0. The molecule has 5 rings (SSSR count). The van der Waals surface area contributed by atoms with Crippen LogP contribution in [0.3, 0.4) is 0 Å². The Morgan fingerprint density at radius 1 is 1.24 bits per heavy atom. The molecule has 37 heavy (non-hydrogen) atoms. The average molecular weight is 507 g/mol. The molecule has 196 valence electrons. The molecule has 1 amide bonds. The molecule has 0 spiro atoms. The summed E-state index contributed by atoms with van der Waals surface area (Å²) in [5, 5.41) is 28.4. The quantitative estimate of drug-likeness (QED) is 0.350. The van der Waals surface area contributed by atoms with E-state index in [-0.39, 0.29) is 24.7 Å². The molecule has 1 fully saturated rings. The number of likely N-dealkylation sites (tertiary alicyclic amines) is 1. The van der Waals surface area contributed by atoms with Gasteiger partial charge in [-0.25, -0.2) is 0 Å². The number of amides is 1. The van der Waals surface area contributed by atoms with Gasteiger partial charge in [0.2, 0.25) is 0 Å². The summed E-state index contributed by atoms with van der Waals surface area (Å²) < 4.78 is 10.8. The van der Waals surface area contributed by atoms with Crippen LogP contribution in [-0.2, 0) is 11.3 Å². The van der Waals surface area contributed by atoms with Crippen LogP contribution in [0, 0.1) is 0 Å². The van der Waals surface area contributed by atoms with Gasteiger partial charge in [0.15, 0.2) is 6.61 Å². The molecule has 0 saturated carbocycles. The van der Waals surface area contributed by atoms with Crippen LogP contribution in [0.2, 0.25) is 0 Å². The number of fused-ring (bicyclic) bond motifs is 2. The zero-order chi connectivity index (χ0) is 25.8. The van der Waals surface area contributed by atoms with Gasteiger partial charge in [0, 0.05) is 43.7 Å². The van der Waals surface area contributed by atoms with Gasteiger partial charge < -0.3 is 35.2 Å². The summed E-state index contributed by atoms with van der Waals surface area (Å²) in [6.07, 6.45) is 3.41. The van der Waals surface area contributed by atoms with E-state index >= 15 is 0 Å². The molecule has 2 aromatic carbocycles. The standard InChI is InChI=1S/C28H34N4O5/c1-36-20-14-22-21(3-2-4-23(22)29-16-20)25(34)17-32-10-7-28(8-11-32,9-12-33)30-15-19-5-6-26-24(13-19)31-27(35)18-37-26/h2-6,13-14,16,25,30,33-34H,7-12,15,17-18H2,1H3,(H,31,35). The van der Waals surface area contributed by atoms with Crippen molar-refractivity contribution in [3.05, 3.63) is 59.8 Å². The van der Waals surface area contributed by atoms with Crippen molar-refractivity contribution < 1.29 is 24.5 Å². The van der Waals surface area contributed by atoms with Crippen LogP contribution in [0.15, 0.2) is 48.7 Å². The third kappa shape index (κ3) is 5.70. The molecule has 1 saturated heterocycles. The summed E-state index contributed by atoms with van der Waals surface area (Å²) in [6.45, 7) is 2.91. The monoisotopic (exact) mass is 506 g/mol. The average Bonchev–Trinajstić information content (AvgIpc) is 2.92. The van der Waals surface area contributed by atoms with E-state index in [0.29, 0.717) is 36.7 Å². The maximum absolute atomic E-state index is 11.7. The van der Waals surface area contributed by atoms with E-state index in [0.717, 1.165) is 48.0 Å². The lowest BCUT2D eigenvalue weighted by molar-refractivity contribution is -0.118. The Morgan fingerprint density at radius 3 is 2.86 bits per heavy atom. The molecule has 0 bridgehead atoms. The van der Waals surface area contributed by atoms with E-state index in [1.165, 1.54) is 0 Å². The van der Waals surface area contributed by atoms with Crippen LogP contribution >= 0.6 is 0 Å².